The minimum absolute atomic E-state index is 0.113. The van der Waals surface area contributed by atoms with Crippen molar-refractivity contribution >= 4 is 22.8 Å². The summed E-state index contributed by atoms with van der Waals surface area (Å²) in [6, 6.07) is 8.05. The third kappa shape index (κ3) is 2.91. The number of carbonyl (C=O) groups is 2. The first-order chi connectivity index (χ1) is 10.1. The third-order valence-corrected chi connectivity index (χ3v) is 4.06. The van der Waals surface area contributed by atoms with Crippen molar-refractivity contribution in [2.75, 3.05) is 13.1 Å². The smallest absolute Gasteiger partial charge is 0.303 e. The largest absolute Gasteiger partial charge is 0.481 e. The number of carboxylic acid groups (broad SMARTS) is 1. The minimum Gasteiger partial charge on any atom is -0.481 e. The van der Waals surface area contributed by atoms with Gasteiger partial charge in [0.2, 0.25) is 5.91 Å². The van der Waals surface area contributed by atoms with E-state index in [1.54, 1.807) is 4.90 Å². The molecule has 0 atom stereocenters. The zero-order valence-corrected chi connectivity index (χ0v) is 11.7. The van der Waals surface area contributed by atoms with Gasteiger partial charge in [0.1, 0.15) is 0 Å². The van der Waals surface area contributed by atoms with Crippen LogP contribution in [0.2, 0.25) is 0 Å². The number of aromatic nitrogens is 1. The van der Waals surface area contributed by atoms with Crippen LogP contribution in [0.25, 0.3) is 10.9 Å². The number of amides is 1. The molecular weight excluding hydrogens is 268 g/mol. The summed E-state index contributed by atoms with van der Waals surface area (Å²) < 4.78 is 0. The Morgan fingerprint density at radius 3 is 2.81 bits per heavy atom. The van der Waals surface area contributed by atoms with Crippen LogP contribution < -0.4 is 0 Å². The highest BCUT2D eigenvalue weighted by Crippen LogP contribution is 2.22. The first kappa shape index (κ1) is 13.7. The standard InChI is InChI=1S/C16H18N2O3/c19-15(18-9-11(10-18)7-16(20)21)6-5-12-8-17-14-4-2-1-3-13(12)14/h1-4,8,11,17H,5-7,9-10H2,(H,20,21). The molecule has 5 heteroatoms. The Balaban J connectivity index is 1.52. The minimum atomic E-state index is -0.786. The van der Waals surface area contributed by atoms with Crippen LogP contribution in [-0.4, -0.2) is 40.0 Å². The molecule has 0 spiro atoms. The van der Waals surface area contributed by atoms with Crippen LogP contribution in [0.3, 0.4) is 0 Å². The highest BCUT2D eigenvalue weighted by Gasteiger charge is 2.31. The van der Waals surface area contributed by atoms with Gasteiger partial charge in [0.15, 0.2) is 0 Å². The van der Waals surface area contributed by atoms with Crippen molar-refractivity contribution in [3.8, 4) is 0 Å². The zero-order chi connectivity index (χ0) is 14.8. The van der Waals surface area contributed by atoms with Gasteiger partial charge in [-0.3, -0.25) is 9.59 Å². The summed E-state index contributed by atoms with van der Waals surface area (Å²) in [6.07, 6.45) is 3.30. The Labute approximate surface area is 122 Å². The van der Waals surface area contributed by atoms with E-state index in [1.165, 1.54) is 0 Å². The number of H-pyrrole nitrogens is 1. The molecule has 1 fully saturated rings. The first-order valence-electron chi connectivity index (χ1n) is 7.18. The van der Waals surface area contributed by atoms with Gasteiger partial charge in [-0.1, -0.05) is 18.2 Å². The quantitative estimate of drug-likeness (QED) is 0.883. The lowest BCUT2D eigenvalue weighted by molar-refractivity contribution is -0.145. The Kier molecular flexibility index (Phi) is 3.64. The summed E-state index contributed by atoms with van der Waals surface area (Å²) in [5.41, 5.74) is 2.24. The van der Waals surface area contributed by atoms with Crippen LogP contribution in [-0.2, 0) is 16.0 Å². The van der Waals surface area contributed by atoms with Crippen LogP contribution in [0.1, 0.15) is 18.4 Å². The molecule has 1 saturated heterocycles. The van der Waals surface area contributed by atoms with Crippen molar-refractivity contribution in [1.82, 2.24) is 9.88 Å². The number of hydrogen-bond acceptors (Lipinski definition) is 2. The Morgan fingerprint density at radius 2 is 2.05 bits per heavy atom. The topological polar surface area (TPSA) is 73.4 Å². The molecule has 2 N–H and O–H groups in total. The first-order valence-corrected chi connectivity index (χ1v) is 7.18. The van der Waals surface area contributed by atoms with Gasteiger partial charge in [-0.05, 0) is 18.1 Å². The van der Waals surface area contributed by atoms with E-state index in [2.05, 4.69) is 11.1 Å². The van der Waals surface area contributed by atoms with E-state index >= 15 is 0 Å². The molecule has 0 radical (unpaired) electrons. The molecule has 0 bridgehead atoms. The highest BCUT2D eigenvalue weighted by atomic mass is 16.4. The SMILES string of the molecule is O=C(O)CC1CN(C(=O)CCc2c[nH]c3ccccc23)C1. The number of carboxylic acids is 1. The number of aryl methyl sites for hydroxylation is 1. The Morgan fingerprint density at radius 1 is 1.29 bits per heavy atom. The van der Waals surface area contributed by atoms with Gasteiger partial charge in [0, 0.05) is 42.5 Å². The summed E-state index contributed by atoms with van der Waals surface area (Å²) in [4.78, 5) is 27.6. The van der Waals surface area contributed by atoms with Crippen LogP contribution in [0.5, 0.6) is 0 Å². The fraction of sp³-hybridized carbons (Fsp3) is 0.375. The van der Waals surface area contributed by atoms with E-state index < -0.39 is 5.97 Å². The Bertz CT molecular complexity index is 671. The molecule has 0 saturated carbocycles. The summed E-state index contributed by atoms with van der Waals surface area (Å²) in [5.74, 6) is -0.549. The average Bonchev–Trinajstić information content (AvgIpc) is 2.83. The molecule has 2 heterocycles. The van der Waals surface area contributed by atoms with Gasteiger partial charge in [-0.15, -0.1) is 0 Å². The van der Waals surface area contributed by atoms with Gasteiger partial charge >= 0.3 is 5.97 Å². The predicted octanol–water partition coefficient (Wildman–Crippen LogP) is 2.03. The second-order valence-electron chi connectivity index (χ2n) is 5.62. The van der Waals surface area contributed by atoms with Crippen molar-refractivity contribution in [3.63, 3.8) is 0 Å². The van der Waals surface area contributed by atoms with E-state index in [0.717, 1.165) is 16.5 Å². The van der Waals surface area contributed by atoms with Crippen LogP contribution in [0, 0.1) is 5.92 Å². The van der Waals surface area contributed by atoms with E-state index in [9.17, 15) is 9.59 Å². The van der Waals surface area contributed by atoms with E-state index in [1.807, 2.05) is 24.4 Å². The zero-order valence-electron chi connectivity index (χ0n) is 11.7. The molecule has 1 aliphatic heterocycles. The number of benzene rings is 1. The van der Waals surface area contributed by atoms with Crippen LogP contribution in [0.15, 0.2) is 30.5 Å². The van der Waals surface area contributed by atoms with Gasteiger partial charge in [-0.25, -0.2) is 0 Å². The summed E-state index contributed by atoms with van der Waals surface area (Å²) in [7, 11) is 0. The van der Waals surface area contributed by atoms with Crippen molar-refractivity contribution in [2.45, 2.75) is 19.3 Å². The van der Waals surface area contributed by atoms with Crippen molar-refractivity contribution in [1.29, 1.82) is 0 Å². The normalized spacial score (nSPS) is 15.1. The van der Waals surface area contributed by atoms with E-state index in [-0.39, 0.29) is 18.2 Å². The monoisotopic (exact) mass is 286 g/mol. The maximum atomic E-state index is 12.1. The Hall–Kier alpha value is -2.30. The molecule has 3 rings (SSSR count). The number of nitrogens with zero attached hydrogens (tertiary/aromatic N) is 1. The second-order valence-corrected chi connectivity index (χ2v) is 5.62. The lowest BCUT2D eigenvalue weighted by Crippen LogP contribution is -2.50. The van der Waals surface area contributed by atoms with E-state index in [0.29, 0.717) is 25.9 Å². The fourth-order valence-electron chi connectivity index (χ4n) is 2.89. The second kappa shape index (κ2) is 5.60. The number of aromatic amines is 1. The molecule has 2 aromatic rings. The molecule has 0 unspecified atom stereocenters. The molecule has 5 nitrogen and oxygen atoms in total. The number of para-hydroxylation sites is 1. The van der Waals surface area contributed by atoms with E-state index in [4.69, 9.17) is 5.11 Å². The van der Waals surface area contributed by atoms with Crippen LogP contribution >= 0.6 is 0 Å². The highest BCUT2D eigenvalue weighted by molar-refractivity contribution is 5.84. The summed E-state index contributed by atoms with van der Waals surface area (Å²) in [5, 5.41) is 9.86. The number of hydrogen-bond donors (Lipinski definition) is 2. The molecule has 110 valence electrons. The molecule has 1 aliphatic rings. The van der Waals surface area contributed by atoms with Gasteiger partial charge in [0.25, 0.3) is 0 Å². The predicted molar refractivity (Wildman–Crippen MR) is 78.9 cm³/mol. The molecule has 21 heavy (non-hydrogen) atoms. The molecular formula is C16H18N2O3. The summed E-state index contributed by atoms with van der Waals surface area (Å²) >= 11 is 0. The van der Waals surface area contributed by atoms with Gasteiger partial charge < -0.3 is 15.0 Å². The number of fused-ring (bicyclic) bond motifs is 1. The van der Waals surface area contributed by atoms with Gasteiger partial charge in [-0.2, -0.15) is 0 Å². The van der Waals surface area contributed by atoms with Crippen molar-refractivity contribution in [2.24, 2.45) is 5.92 Å². The number of carbonyl (C=O) groups excluding carboxylic acids is 1. The van der Waals surface area contributed by atoms with Gasteiger partial charge in [0.05, 0.1) is 6.42 Å². The lowest BCUT2D eigenvalue weighted by atomic mass is 9.95. The molecule has 0 aliphatic carbocycles. The van der Waals surface area contributed by atoms with Crippen LogP contribution in [0.4, 0.5) is 0 Å². The fourth-order valence-corrected chi connectivity index (χ4v) is 2.89. The number of rotatable bonds is 5. The maximum absolute atomic E-state index is 12.1. The van der Waals surface area contributed by atoms with Crippen molar-refractivity contribution < 1.29 is 14.7 Å². The molecule has 1 aromatic carbocycles. The molecule has 1 amide bonds. The maximum Gasteiger partial charge on any atom is 0.303 e. The number of nitrogens with one attached hydrogen (secondary N) is 1. The number of likely N-dealkylation sites (tertiary alicyclic amines) is 1. The molecule has 1 aromatic heterocycles. The summed E-state index contributed by atoms with van der Waals surface area (Å²) in [6.45, 7) is 1.16. The van der Waals surface area contributed by atoms with Crippen molar-refractivity contribution in [3.05, 3.63) is 36.0 Å². The number of aliphatic carboxylic acids is 1. The third-order valence-electron chi connectivity index (χ3n) is 4.06. The average molecular weight is 286 g/mol. The lowest BCUT2D eigenvalue weighted by Gasteiger charge is -2.38.